The maximum atomic E-state index is 11.7. The molecule has 122 valence electrons. The zero-order valence-electron chi connectivity index (χ0n) is 13.2. The van der Waals surface area contributed by atoms with E-state index in [9.17, 15) is 4.79 Å². The summed E-state index contributed by atoms with van der Waals surface area (Å²) < 4.78 is 5.04. The van der Waals surface area contributed by atoms with Crippen molar-refractivity contribution in [1.29, 1.82) is 0 Å². The van der Waals surface area contributed by atoms with E-state index in [0.717, 1.165) is 35.8 Å². The number of amides is 1. The minimum atomic E-state index is -0.211. The molecule has 1 N–H and O–H groups in total. The van der Waals surface area contributed by atoms with Gasteiger partial charge in [0.05, 0.1) is 12.3 Å². The third-order valence-corrected chi connectivity index (χ3v) is 4.80. The van der Waals surface area contributed by atoms with Gasteiger partial charge < -0.3 is 15.0 Å². The lowest BCUT2D eigenvalue weighted by molar-refractivity contribution is 0.115. The van der Waals surface area contributed by atoms with Crippen molar-refractivity contribution in [3.63, 3.8) is 0 Å². The highest BCUT2D eigenvalue weighted by atomic mass is 32.1. The fourth-order valence-electron chi connectivity index (χ4n) is 2.66. The van der Waals surface area contributed by atoms with Crippen LogP contribution in [0, 0.1) is 0 Å². The van der Waals surface area contributed by atoms with Crippen LogP contribution in [0.25, 0.3) is 10.6 Å². The molecular formula is C17H21N3O2S. The van der Waals surface area contributed by atoms with Crippen LogP contribution in [-0.4, -0.2) is 41.7 Å². The molecule has 5 nitrogen and oxygen atoms in total. The van der Waals surface area contributed by atoms with Crippen molar-refractivity contribution in [2.45, 2.75) is 25.9 Å². The Hall–Kier alpha value is -1.92. The van der Waals surface area contributed by atoms with Crippen molar-refractivity contribution in [2.24, 2.45) is 0 Å². The number of ether oxygens (including phenoxy) is 1. The van der Waals surface area contributed by atoms with E-state index in [1.165, 1.54) is 0 Å². The molecule has 1 saturated heterocycles. The minimum Gasteiger partial charge on any atom is -0.450 e. The van der Waals surface area contributed by atoms with Crippen LogP contribution in [0.2, 0.25) is 0 Å². The van der Waals surface area contributed by atoms with Crippen LogP contribution in [0.4, 0.5) is 4.79 Å². The van der Waals surface area contributed by atoms with Gasteiger partial charge >= 0.3 is 6.09 Å². The van der Waals surface area contributed by atoms with Gasteiger partial charge in [0, 0.05) is 36.6 Å². The van der Waals surface area contributed by atoms with Crippen molar-refractivity contribution in [2.75, 3.05) is 19.7 Å². The van der Waals surface area contributed by atoms with E-state index in [1.54, 1.807) is 16.2 Å². The van der Waals surface area contributed by atoms with Gasteiger partial charge in [0.1, 0.15) is 5.01 Å². The Morgan fingerprint density at radius 2 is 2.26 bits per heavy atom. The maximum absolute atomic E-state index is 11.7. The van der Waals surface area contributed by atoms with Gasteiger partial charge in [-0.15, -0.1) is 11.3 Å². The molecule has 2 heterocycles. The summed E-state index contributed by atoms with van der Waals surface area (Å²) >= 11 is 1.66. The van der Waals surface area contributed by atoms with Crippen molar-refractivity contribution in [3.05, 3.63) is 41.4 Å². The van der Waals surface area contributed by atoms with E-state index in [4.69, 9.17) is 4.74 Å². The predicted octanol–water partition coefficient (Wildman–Crippen LogP) is 3.13. The molecule has 1 amide bonds. The summed E-state index contributed by atoms with van der Waals surface area (Å²) in [5.41, 5.74) is 2.20. The van der Waals surface area contributed by atoms with Crippen LogP contribution in [0.3, 0.4) is 0 Å². The molecule has 1 aromatic carbocycles. The largest absolute Gasteiger partial charge is 0.450 e. The molecule has 1 aromatic heterocycles. The number of carbonyl (C=O) groups excluding carboxylic acids is 1. The quantitative estimate of drug-likeness (QED) is 0.914. The van der Waals surface area contributed by atoms with E-state index in [0.29, 0.717) is 19.2 Å². The Bertz CT molecular complexity index is 644. The Morgan fingerprint density at radius 3 is 3.04 bits per heavy atom. The smallest absolute Gasteiger partial charge is 0.409 e. The van der Waals surface area contributed by atoms with Gasteiger partial charge in [-0.3, -0.25) is 0 Å². The number of hydrogen-bond acceptors (Lipinski definition) is 5. The van der Waals surface area contributed by atoms with Gasteiger partial charge in [-0.25, -0.2) is 9.78 Å². The summed E-state index contributed by atoms with van der Waals surface area (Å²) in [6.07, 6.45) is 0.742. The maximum Gasteiger partial charge on any atom is 0.409 e. The second kappa shape index (κ2) is 7.57. The summed E-state index contributed by atoms with van der Waals surface area (Å²) in [5, 5.41) is 6.62. The van der Waals surface area contributed by atoms with Gasteiger partial charge in [-0.1, -0.05) is 30.3 Å². The van der Waals surface area contributed by atoms with Crippen LogP contribution in [-0.2, 0) is 11.3 Å². The van der Waals surface area contributed by atoms with Crippen LogP contribution < -0.4 is 5.32 Å². The van der Waals surface area contributed by atoms with Crippen LogP contribution >= 0.6 is 11.3 Å². The molecule has 6 heteroatoms. The molecule has 1 aliphatic rings. The standard InChI is InChI=1S/C17H21N3O2S/c1-2-22-17(21)20-9-8-14(11-20)18-10-15-12-23-16(19-15)13-6-4-3-5-7-13/h3-7,12,14,18H,2,8-11H2,1H3/t14-/m1/s1. The zero-order chi connectivity index (χ0) is 16.1. The van der Waals surface area contributed by atoms with Gasteiger partial charge in [-0.05, 0) is 13.3 Å². The average molecular weight is 331 g/mol. The second-order valence-electron chi connectivity index (χ2n) is 5.52. The first-order valence-electron chi connectivity index (χ1n) is 7.91. The summed E-state index contributed by atoms with van der Waals surface area (Å²) in [6, 6.07) is 10.5. The van der Waals surface area contributed by atoms with Crippen molar-refractivity contribution >= 4 is 17.4 Å². The van der Waals surface area contributed by atoms with E-state index >= 15 is 0 Å². The van der Waals surface area contributed by atoms with Crippen LogP contribution in [0.1, 0.15) is 19.0 Å². The summed E-state index contributed by atoms with van der Waals surface area (Å²) in [4.78, 5) is 18.1. The van der Waals surface area contributed by atoms with E-state index in [1.807, 2.05) is 25.1 Å². The number of benzene rings is 1. The summed E-state index contributed by atoms with van der Waals surface area (Å²) in [7, 11) is 0. The lowest BCUT2D eigenvalue weighted by atomic mass is 10.2. The Labute approximate surface area is 140 Å². The van der Waals surface area contributed by atoms with Crippen molar-refractivity contribution in [3.8, 4) is 10.6 Å². The number of hydrogen-bond donors (Lipinski definition) is 1. The third-order valence-electron chi connectivity index (χ3n) is 3.86. The molecule has 0 saturated carbocycles. The predicted molar refractivity (Wildman–Crippen MR) is 91.4 cm³/mol. The SMILES string of the molecule is CCOC(=O)N1CC[C@@H](NCc2csc(-c3ccccc3)n2)C1. The molecule has 2 aromatic rings. The number of aromatic nitrogens is 1. The second-order valence-corrected chi connectivity index (χ2v) is 6.38. The Balaban J connectivity index is 1.50. The fraction of sp³-hybridized carbons (Fsp3) is 0.412. The number of nitrogens with zero attached hydrogens (tertiary/aromatic N) is 2. The summed E-state index contributed by atoms with van der Waals surface area (Å²) in [5.74, 6) is 0. The molecule has 0 radical (unpaired) electrons. The monoisotopic (exact) mass is 331 g/mol. The van der Waals surface area contributed by atoms with E-state index < -0.39 is 0 Å². The first-order valence-corrected chi connectivity index (χ1v) is 8.79. The number of thiazole rings is 1. The number of rotatable bonds is 5. The lowest BCUT2D eigenvalue weighted by Gasteiger charge is -2.16. The fourth-order valence-corrected chi connectivity index (χ4v) is 3.48. The highest BCUT2D eigenvalue weighted by Crippen LogP contribution is 2.23. The number of likely N-dealkylation sites (tertiary alicyclic amines) is 1. The third kappa shape index (κ3) is 4.09. The Kier molecular flexibility index (Phi) is 5.25. The van der Waals surface area contributed by atoms with Crippen LogP contribution in [0.15, 0.2) is 35.7 Å². The molecule has 0 bridgehead atoms. The van der Waals surface area contributed by atoms with Gasteiger partial charge in [0.15, 0.2) is 0 Å². The van der Waals surface area contributed by atoms with Crippen molar-refractivity contribution in [1.82, 2.24) is 15.2 Å². The molecule has 1 atom stereocenters. The van der Waals surface area contributed by atoms with Gasteiger partial charge in [0.25, 0.3) is 0 Å². The molecule has 3 rings (SSSR count). The molecule has 1 aliphatic heterocycles. The van der Waals surface area contributed by atoms with Gasteiger partial charge in [-0.2, -0.15) is 0 Å². The average Bonchev–Trinajstić information content (AvgIpc) is 3.23. The molecule has 0 unspecified atom stereocenters. The first-order chi connectivity index (χ1) is 11.3. The number of nitrogens with one attached hydrogen (secondary N) is 1. The van der Waals surface area contributed by atoms with Crippen LogP contribution in [0.5, 0.6) is 0 Å². The molecular weight excluding hydrogens is 310 g/mol. The van der Waals surface area contributed by atoms with Crippen molar-refractivity contribution < 1.29 is 9.53 Å². The minimum absolute atomic E-state index is 0.211. The zero-order valence-corrected chi connectivity index (χ0v) is 14.0. The molecule has 0 aliphatic carbocycles. The summed E-state index contributed by atoms with van der Waals surface area (Å²) in [6.45, 7) is 4.44. The molecule has 23 heavy (non-hydrogen) atoms. The lowest BCUT2D eigenvalue weighted by Crippen LogP contribution is -2.35. The number of carbonyl (C=O) groups is 1. The van der Waals surface area contributed by atoms with E-state index in [2.05, 4.69) is 27.8 Å². The molecule has 0 spiro atoms. The van der Waals surface area contributed by atoms with E-state index in [-0.39, 0.29) is 6.09 Å². The Morgan fingerprint density at radius 1 is 1.43 bits per heavy atom. The van der Waals surface area contributed by atoms with Gasteiger partial charge in [0.2, 0.25) is 0 Å². The highest BCUT2D eigenvalue weighted by Gasteiger charge is 2.26. The first kappa shape index (κ1) is 16.0. The normalized spacial score (nSPS) is 17.4. The molecule has 1 fully saturated rings. The highest BCUT2D eigenvalue weighted by molar-refractivity contribution is 7.13. The topological polar surface area (TPSA) is 54.5 Å².